The molecule has 2 amide bonds. The van der Waals surface area contributed by atoms with Crippen LogP contribution in [0.5, 0.6) is 5.75 Å². The van der Waals surface area contributed by atoms with Gasteiger partial charge in [-0.1, -0.05) is 71.6 Å². The van der Waals surface area contributed by atoms with Crippen LogP contribution in [-0.4, -0.2) is 50.9 Å². The molecule has 0 radical (unpaired) electrons. The predicted octanol–water partition coefficient (Wildman–Crippen LogP) is 5.52. The number of sulfonamides is 1. The van der Waals surface area contributed by atoms with Crippen LogP contribution in [0.15, 0.2) is 88.2 Å². The summed E-state index contributed by atoms with van der Waals surface area (Å²) in [6.07, 6.45) is 5.10. The Morgan fingerprint density at radius 1 is 0.976 bits per heavy atom. The SMILES string of the molecule is COc1cccc(CN(C(=O)CN(c2cccc(Br)c2)S(=O)(=O)c2ccccc2)[C@@H](C)C(=O)NC2CCCCC2)c1. The topological polar surface area (TPSA) is 96.0 Å². The summed E-state index contributed by atoms with van der Waals surface area (Å²) in [6.45, 7) is 1.30. The van der Waals surface area contributed by atoms with Crippen LogP contribution in [0.25, 0.3) is 0 Å². The lowest BCUT2D eigenvalue weighted by molar-refractivity contribution is -0.139. The fourth-order valence-corrected chi connectivity index (χ4v) is 6.81. The average Bonchev–Trinajstić information content (AvgIpc) is 2.99. The van der Waals surface area contributed by atoms with E-state index in [1.54, 1.807) is 68.6 Å². The molecule has 0 aliphatic heterocycles. The van der Waals surface area contributed by atoms with Gasteiger partial charge < -0.3 is 15.0 Å². The third-order valence-electron chi connectivity index (χ3n) is 7.31. The molecule has 0 heterocycles. The summed E-state index contributed by atoms with van der Waals surface area (Å²) in [5.41, 5.74) is 1.09. The van der Waals surface area contributed by atoms with Gasteiger partial charge in [0.25, 0.3) is 10.0 Å². The zero-order valence-electron chi connectivity index (χ0n) is 23.3. The number of benzene rings is 3. The largest absolute Gasteiger partial charge is 0.497 e. The van der Waals surface area contributed by atoms with E-state index in [0.29, 0.717) is 15.9 Å². The normalized spacial score (nSPS) is 14.6. The van der Waals surface area contributed by atoms with Crippen molar-refractivity contribution in [1.82, 2.24) is 10.2 Å². The highest BCUT2D eigenvalue weighted by molar-refractivity contribution is 9.10. The molecule has 4 rings (SSSR count). The summed E-state index contributed by atoms with van der Waals surface area (Å²) < 4.78 is 34.8. The Labute approximate surface area is 250 Å². The molecule has 218 valence electrons. The highest BCUT2D eigenvalue weighted by atomic mass is 79.9. The third-order valence-corrected chi connectivity index (χ3v) is 9.59. The minimum Gasteiger partial charge on any atom is -0.497 e. The van der Waals surface area contributed by atoms with Gasteiger partial charge in [-0.3, -0.25) is 13.9 Å². The van der Waals surface area contributed by atoms with Gasteiger partial charge in [0, 0.05) is 17.1 Å². The zero-order chi connectivity index (χ0) is 29.4. The first-order chi connectivity index (χ1) is 19.7. The highest BCUT2D eigenvalue weighted by Gasteiger charge is 2.33. The van der Waals surface area contributed by atoms with E-state index in [0.717, 1.165) is 42.0 Å². The van der Waals surface area contributed by atoms with E-state index >= 15 is 0 Å². The van der Waals surface area contributed by atoms with E-state index in [1.807, 2.05) is 12.1 Å². The summed E-state index contributed by atoms with van der Waals surface area (Å²) in [4.78, 5) is 29.0. The number of methoxy groups -OCH3 is 1. The Hall–Kier alpha value is -3.37. The summed E-state index contributed by atoms with van der Waals surface area (Å²) in [7, 11) is -2.55. The number of halogens is 1. The molecule has 1 saturated carbocycles. The highest BCUT2D eigenvalue weighted by Crippen LogP contribution is 2.27. The summed E-state index contributed by atoms with van der Waals surface area (Å²) >= 11 is 3.41. The second-order valence-corrected chi connectivity index (χ2v) is 13.0. The van der Waals surface area contributed by atoms with Crippen LogP contribution in [0, 0.1) is 0 Å². The number of anilines is 1. The van der Waals surface area contributed by atoms with Gasteiger partial charge >= 0.3 is 0 Å². The zero-order valence-corrected chi connectivity index (χ0v) is 25.7. The van der Waals surface area contributed by atoms with Crippen LogP contribution >= 0.6 is 15.9 Å². The van der Waals surface area contributed by atoms with Crippen molar-refractivity contribution in [2.75, 3.05) is 18.0 Å². The van der Waals surface area contributed by atoms with Crippen molar-refractivity contribution >= 4 is 43.5 Å². The molecule has 0 spiro atoms. The van der Waals surface area contributed by atoms with Crippen molar-refractivity contribution in [3.05, 3.63) is 88.9 Å². The number of carbonyl (C=O) groups excluding carboxylic acids is 2. The van der Waals surface area contributed by atoms with Gasteiger partial charge in [-0.2, -0.15) is 0 Å². The Morgan fingerprint density at radius 3 is 2.37 bits per heavy atom. The molecule has 1 N–H and O–H groups in total. The molecule has 0 bridgehead atoms. The van der Waals surface area contributed by atoms with Crippen LogP contribution in [0.1, 0.15) is 44.6 Å². The van der Waals surface area contributed by atoms with E-state index in [2.05, 4.69) is 21.2 Å². The fourth-order valence-electron chi connectivity index (χ4n) is 5.00. The summed E-state index contributed by atoms with van der Waals surface area (Å²) in [5, 5.41) is 3.12. The predicted molar refractivity (Wildman–Crippen MR) is 163 cm³/mol. The number of amides is 2. The molecule has 1 atom stereocenters. The molecule has 0 unspecified atom stereocenters. The molecule has 0 aromatic heterocycles. The molecule has 3 aromatic carbocycles. The third kappa shape index (κ3) is 7.89. The van der Waals surface area contributed by atoms with Gasteiger partial charge in [-0.05, 0) is 67.8 Å². The van der Waals surface area contributed by atoms with Gasteiger partial charge in [0.15, 0.2) is 0 Å². The lowest BCUT2D eigenvalue weighted by Gasteiger charge is -2.33. The average molecular weight is 643 g/mol. The smallest absolute Gasteiger partial charge is 0.264 e. The number of carbonyl (C=O) groups is 2. The molecule has 1 aliphatic rings. The van der Waals surface area contributed by atoms with Crippen LogP contribution in [0.2, 0.25) is 0 Å². The van der Waals surface area contributed by atoms with Gasteiger partial charge in [0.05, 0.1) is 17.7 Å². The van der Waals surface area contributed by atoms with E-state index in [1.165, 1.54) is 17.0 Å². The van der Waals surface area contributed by atoms with E-state index in [9.17, 15) is 18.0 Å². The van der Waals surface area contributed by atoms with Crippen molar-refractivity contribution in [2.45, 2.75) is 62.6 Å². The number of ether oxygens (including phenoxy) is 1. The van der Waals surface area contributed by atoms with Gasteiger partial charge in [0.2, 0.25) is 11.8 Å². The quantitative estimate of drug-likeness (QED) is 0.297. The van der Waals surface area contributed by atoms with Crippen LogP contribution in [0.4, 0.5) is 5.69 Å². The lowest BCUT2D eigenvalue weighted by Crippen LogP contribution is -2.53. The van der Waals surface area contributed by atoms with E-state index in [4.69, 9.17) is 4.74 Å². The van der Waals surface area contributed by atoms with Crippen LogP contribution in [0.3, 0.4) is 0 Å². The molecule has 10 heteroatoms. The van der Waals surface area contributed by atoms with Crippen molar-refractivity contribution in [1.29, 1.82) is 0 Å². The minimum atomic E-state index is -4.11. The van der Waals surface area contributed by atoms with Crippen molar-refractivity contribution < 1.29 is 22.7 Å². The maximum Gasteiger partial charge on any atom is 0.264 e. The molecule has 0 saturated heterocycles. The first-order valence-corrected chi connectivity index (χ1v) is 16.0. The van der Waals surface area contributed by atoms with Crippen molar-refractivity contribution in [3.63, 3.8) is 0 Å². The Balaban J connectivity index is 1.67. The van der Waals surface area contributed by atoms with Crippen molar-refractivity contribution in [2.24, 2.45) is 0 Å². The molecular weight excluding hydrogens is 606 g/mol. The molecule has 3 aromatic rings. The number of rotatable bonds is 11. The number of hydrogen-bond acceptors (Lipinski definition) is 5. The van der Waals surface area contributed by atoms with Gasteiger partial charge in [-0.25, -0.2) is 8.42 Å². The van der Waals surface area contributed by atoms with E-state index in [-0.39, 0.29) is 23.4 Å². The standard InChI is InChI=1S/C31H36BrN3O5S/c1-23(31(37)33-26-13-5-3-6-14-26)34(21-24-11-9-16-28(19-24)40-2)30(36)22-35(27-15-10-12-25(32)20-27)41(38,39)29-17-7-4-8-18-29/h4,7-12,15-20,23,26H,3,5-6,13-14,21-22H2,1-2H3,(H,33,37)/t23-/m0/s1. The van der Waals surface area contributed by atoms with Crippen LogP contribution in [-0.2, 0) is 26.2 Å². The number of nitrogens with one attached hydrogen (secondary N) is 1. The Bertz CT molecular complexity index is 1440. The second-order valence-electron chi connectivity index (χ2n) is 10.2. The monoisotopic (exact) mass is 641 g/mol. The maximum atomic E-state index is 14.1. The second kappa shape index (κ2) is 14.0. The molecule has 1 aliphatic carbocycles. The fraction of sp³-hybridized carbons (Fsp3) is 0.355. The van der Waals surface area contributed by atoms with E-state index < -0.39 is 28.5 Å². The minimum absolute atomic E-state index is 0.0650. The number of hydrogen-bond donors (Lipinski definition) is 1. The molecule has 8 nitrogen and oxygen atoms in total. The van der Waals surface area contributed by atoms with Gasteiger partial charge in [0.1, 0.15) is 18.3 Å². The summed E-state index contributed by atoms with van der Waals surface area (Å²) in [6, 6.07) is 21.3. The molecular formula is C31H36BrN3O5S. The maximum absolute atomic E-state index is 14.1. The Morgan fingerprint density at radius 2 is 1.68 bits per heavy atom. The van der Waals surface area contributed by atoms with Gasteiger partial charge in [-0.15, -0.1) is 0 Å². The molecule has 41 heavy (non-hydrogen) atoms. The Kier molecular flexibility index (Phi) is 10.4. The van der Waals surface area contributed by atoms with Crippen molar-refractivity contribution in [3.8, 4) is 5.75 Å². The number of nitrogens with zero attached hydrogens (tertiary/aromatic N) is 2. The first-order valence-electron chi connectivity index (χ1n) is 13.7. The lowest BCUT2D eigenvalue weighted by atomic mass is 9.95. The van der Waals surface area contributed by atoms with Crippen LogP contribution < -0.4 is 14.4 Å². The first kappa shape index (κ1) is 30.6. The molecule has 1 fully saturated rings. The summed E-state index contributed by atoms with van der Waals surface area (Å²) in [5.74, 6) is -0.136.